The Labute approximate surface area is 120 Å². The Morgan fingerprint density at radius 2 is 1.65 bits per heavy atom. The van der Waals surface area contributed by atoms with E-state index in [-0.39, 0.29) is 0 Å². The molecule has 110 valence electrons. The van der Waals surface area contributed by atoms with Crippen LogP contribution in [0.5, 0.6) is 0 Å². The first-order chi connectivity index (χ1) is 9.48. The lowest BCUT2D eigenvalue weighted by molar-refractivity contribution is -0.0660. The number of nitrogens with two attached hydrogens (primary N) is 2. The van der Waals surface area contributed by atoms with Crippen LogP contribution < -0.4 is 11.6 Å². The van der Waals surface area contributed by atoms with Crippen molar-refractivity contribution in [3.05, 3.63) is 11.5 Å². The summed E-state index contributed by atoms with van der Waals surface area (Å²) in [6.07, 6.45) is 8.59. The van der Waals surface area contributed by atoms with Crippen LogP contribution in [-0.2, 0) is 0 Å². The van der Waals surface area contributed by atoms with Crippen LogP contribution >= 0.6 is 0 Å². The van der Waals surface area contributed by atoms with E-state index in [1.165, 1.54) is 38.5 Å². The fourth-order valence-electron chi connectivity index (χ4n) is 5.90. The molecule has 1 atom stereocenters. The zero-order chi connectivity index (χ0) is 14.1. The van der Waals surface area contributed by atoms with Crippen molar-refractivity contribution >= 4 is 5.82 Å². The van der Waals surface area contributed by atoms with E-state index in [0.29, 0.717) is 17.2 Å². The number of aromatic nitrogens is 2. The highest BCUT2D eigenvalue weighted by Crippen LogP contribution is 2.64. The fourth-order valence-corrected chi connectivity index (χ4v) is 5.90. The summed E-state index contributed by atoms with van der Waals surface area (Å²) >= 11 is 0. The minimum atomic E-state index is 0.444. The van der Waals surface area contributed by atoms with Crippen LogP contribution in [0.2, 0.25) is 0 Å². The standard InChI is InChI=1S/C16H26N4/c1-9(14-15(17)20(18)10(2)19-14)16-6-11-3-12(7-16)5-13(4-11)8-16/h9,11-13H,3-8,17-18H2,1-2H3. The van der Waals surface area contributed by atoms with Gasteiger partial charge < -0.3 is 11.6 Å². The average Bonchev–Trinajstić information content (AvgIpc) is 2.64. The molecule has 0 saturated heterocycles. The van der Waals surface area contributed by atoms with Crippen molar-refractivity contribution in [1.82, 2.24) is 9.66 Å². The van der Waals surface area contributed by atoms with Gasteiger partial charge in [0.05, 0.1) is 5.69 Å². The van der Waals surface area contributed by atoms with Crippen molar-refractivity contribution < 1.29 is 0 Å². The Balaban J connectivity index is 1.71. The van der Waals surface area contributed by atoms with E-state index in [9.17, 15) is 0 Å². The van der Waals surface area contributed by atoms with Crippen LogP contribution in [-0.4, -0.2) is 9.66 Å². The summed E-state index contributed by atoms with van der Waals surface area (Å²) in [6.45, 7) is 4.28. The predicted octanol–water partition coefficient (Wildman–Crippen LogP) is 2.81. The molecule has 4 fully saturated rings. The maximum atomic E-state index is 6.20. The summed E-state index contributed by atoms with van der Waals surface area (Å²) in [5.41, 5.74) is 7.69. The molecular formula is C16H26N4. The number of hydrogen-bond acceptors (Lipinski definition) is 3. The first-order valence-corrected chi connectivity index (χ1v) is 8.08. The van der Waals surface area contributed by atoms with Gasteiger partial charge in [-0.1, -0.05) is 6.92 Å². The first kappa shape index (κ1) is 12.5. The van der Waals surface area contributed by atoms with Gasteiger partial charge in [0.1, 0.15) is 11.6 Å². The monoisotopic (exact) mass is 274 g/mol. The van der Waals surface area contributed by atoms with Gasteiger partial charge in [-0.25, -0.2) is 9.66 Å². The van der Waals surface area contributed by atoms with E-state index in [2.05, 4.69) is 11.9 Å². The number of aryl methyl sites for hydroxylation is 1. The van der Waals surface area contributed by atoms with Gasteiger partial charge in [-0.05, 0) is 68.6 Å². The minimum absolute atomic E-state index is 0.444. The lowest BCUT2D eigenvalue weighted by Crippen LogP contribution is -2.48. The molecule has 4 bridgehead atoms. The summed E-state index contributed by atoms with van der Waals surface area (Å²) in [5.74, 6) is 10.8. The molecule has 20 heavy (non-hydrogen) atoms. The Kier molecular flexibility index (Phi) is 2.46. The van der Waals surface area contributed by atoms with Gasteiger partial charge in [-0.15, -0.1) is 0 Å². The Morgan fingerprint density at radius 3 is 2.05 bits per heavy atom. The van der Waals surface area contributed by atoms with Crippen LogP contribution in [0.15, 0.2) is 0 Å². The lowest BCUT2D eigenvalue weighted by Gasteiger charge is -2.59. The molecule has 0 spiro atoms. The van der Waals surface area contributed by atoms with Crippen LogP contribution in [0.25, 0.3) is 0 Å². The summed E-state index contributed by atoms with van der Waals surface area (Å²) < 4.78 is 1.55. The van der Waals surface area contributed by atoms with E-state index >= 15 is 0 Å². The second kappa shape index (κ2) is 3.92. The second-order valence-electron chi connectivity index (χ2n) is 7.80. The zero-order valence-corrected chi connectivity index (χ0v) is 12.6. The van der Waals surface area contributed by atoms with Gasteiger partial charge in [0, 0.05) is 5.92 Å². The Hall–Kier alpha value is -1.19. The van der Waals surface area contributed by atoms with Gasteiger partial charge in [0.2, 0.25) is 0 Å². The van der Waals surface area contributed by atoms with Crippen LogP contribution in [0.4, 0.5) is 5.82 Å². The number of hydrogen-bond donors (Lipinski definition) is 2. The van der Waals surface area contributed by atoms with Gasteiger partial charge in [0.15, 0.2) is 0 Å². The number of nitrogens with zero attached hydrogens (tertiary/aromatic N) is 2. The van der Waals surface area contributed by atoms with E-state index in [1.54, 1.807) is 4.68 Å². The highest BCUT2D eigenvalue weighted by atomic mass is 15.4. The molecule has 4 N–H and O–H groups in total. The fraction of sp³-hybridized carbons (Fsp3) is 0.812. The van der Waals surface area contributed by atoms with Crippen molar-refractivity contribution in [2.45, 2.75) is 58.3 Å². The second-order valence-corrected chi connectivity index (χ2v) is 7.80. The quantitative estimate of drug-likeness (QED) is 0.815. The van der Waals surface area contributed by atoms with Crippen molar-refractivity contribution in [3.8, 4) is 0 Å². The number of imidazole rings is 1. The van der Waals surface area contributed by atoms with E-state index in [0.717, 1.165) is 29.3 Å². The number of rotatable bonds is 2. The summed E-state index contributed by atoms with van der Waals surface area (Å²) in [7, 11) is 0. The number of nitrogen functional groups attached to an aromatic ring is 2. The molecule has 4 saturated carbocycles. The van der Waals surface area contributed by atoms with Gasteiger partial charge in [-0.3, -0.25) is 0 Å². The summed E-state index contributed by atoms with van der Waals surface area (Å²) in [5, 5.41) is 0. The SMILES string of the molecule is Cc1nc(C(C)C23CC4CC(CC(C4)C2)C3)c(N)n1N. The normalized spacial score (nSPS) is 40.2. The highest BCUT2D eigenvalue weighted by Gasteiger charge is 2.54. The first-order valence-electron chi connectivity index (χ1n) is 8.08. The van der Waals surface area contributed by atoms with Crippen molar-refractivity contribution in [1.29, 1.82) is 0 Å². The molecule has 0 amide bonds. The molecule has 4 aliphatic carbocycles. The number of anilines is 1. The highest BCUT2D eigenvalue weighted by molar-refractivity contribution is 5.41. The molecule has 0 radical (unpaired) electrons. The van der Waals surface area contributed by atoms with Gasteiger partial charge in [0.25, 0.3) is 0 Å². The van der Waals surface area contributed by atoms with Gasteiger partial charge >= 0.3 is 0 Å². The molecule has 0 aromatic carbocycles. The molecule has 1 aromatic heterocycles. The average molecular weight is 274 g/mol. The topological polar surface area (TPSA) is 69.9 Å². The zero-order valence-electron chi connectivity index (χ0n) is 12.6. The smallest absolute Gasteiger partial charge is 0.146 e. The third-order valence-corrected chi connectivity index (χ3v) is 6.57. The van der Waals surface area contributed by atoms with Crippen molar-refractivity contribution in [3.63, 3.8) is 0 Å². The Bertz CT molecular complexity index is 510. The van der Waals surface area contributed by atoms with Crippen LogP contribution in [0.1, 0.15) is 62.9 Å². The molecular weight excluding hydrogens is 248 g/mol. The van der Waals surface area contributed by atoms with Gasteiger partial charge in [-0.2, -0.15) is 0 Å². The predicted molar refractivity (Wildman–Crippen MR) is 80.5 cm³/mol. The van der Waals surface area contributed by atoms with Crippen molar-refractivity contribution in [2.24, 2.45) is 23.2 Å². The molecule has 1 unspecified atom stereocenters. The molecule has 5 rings (SSSR count). The van der Waals surface area contributed by atoms with E-state index < -0.39 is 0 Å². The molecule has 1 aromatic rings. The third kappa shape index (κ3) is 1.57. The van der Waals surface area contributed by atoms with Crippen LogP contribution in [0, 0.1) is 30.1 Å². The molecule has 4 heteroatoms. The Morgan fingerprint density at radius 1 is 1.15 bits per heavy atom. The van der Waals surface area contributed by atoms with E-state index in [1.807, 2.05) is 6.92 Å². The molecule has 1 heterocycles. The minimum Gasteiger partial charge on any atom is -0.382 e. The maximum absolute atomic E-state index is 6.20. The molecule has 4 nitrogen and oxygen atoms in total. The molecule has 4 aliphatic rings. The van der Waals surface area contributed by atoms with Crippen molar-refractivity contribution in [2.75, 3.05) is 11.6 Å². The largest absolute Gasteiger partial charge is 0.382 e. The maximum Gasteiger partial charge on any atom is 0.146 e. The van der Waals surface area contributed by atoms with E-state index in [4.69, 9.17) is 11.6 Å². The summed E-state index contributed by atoms with van der Waals surface area (Å²) in [4.78, 5) is 4.68. The lowest BCUT2D eigenvalue weighted by atomic mass is 9.46. The van der Waals surface area contributed by atoms with Crippen LogP contribution in [0.3, 0.4) is 0 Å². The third-order valence-electron chi connectivity index (χ3n) is 6.57. The molecule has 0 aliphatic heterocycles. The summed E-state index contributed by atoms with van der Waals surface area (Å²) in [6, 6.07) is 0.